The predicted octanol–water partition coefficient (Wildman–Crippen LogP) is 3.86. The highest BCUT2D eigenvalue weighted by Gasteiger charge is 2.51. The summed E-state index contributed by atoms with van der Waals surface area (Å²) in [4.78, 5) is 25.1. The van der Waals surface area contributed by atoms with E-state index in [2.05, 4.69) is 26.1 Å². The zero-order valence-electron chi connectivity index (χ0n) is 15.2. The Labute approximate surface area is 149 Å². The number of hydrogen-bond acceptors (Lipinski definition) is 3. The van der Waals surface area contributed by atoms with Gasteiger partial charge in [0.2, 0.25) is 0 Å². The fraction of sp³-hybridized carbons (Fsp3) is 0.579. The van der Waals surface area contributed by atoms with E-state index in [-0.39, 0.29) is 12.0 Å². The molecule has 1 atom stereocenters. The molecule has 1 aliphatic rings. The van der Waals surface area contributed by atoms with E-state index in [4.69, 9.17) is 4.74 Å². The summed E-state index contributed by atoms with van der Waals surface area (Å²) < 4.78 is 5.21. The molecule has 6 nitrogen and oxygen atoms in total. The number of ether oxygens (including phenoxy) is 1. The quantitative estimate of drug-likeness (QED) is 0.847. The number of nitrogens with one attached hydrogen (secondary N) is 1. The van der Waals surface area contributed by atoms with Crippen LogP contribution >= 0.6 is 0 Å². The van der Waals surface area contributed by atoms with Gasteiger partial charge >= 0.3 is 12.2 Å². The van der Waals surface area contributed by atoms with Crippen LogP contribution in [-0.4, -0.2) is 40.8 Å². The maximum absolute atomic E-state index is 11.9. The third-order valence-corrected chi connectivity index (χ3v) is 5.14. The van der Waals surface area contributed by atoms with E-state index >= 15 is 0 Å². The van der Waals surface area contributed by atoms with Gasteiger partial charge in [-0.05, 0) is 30.2 Å². The lowest BCUT2D eigenvalue weighted by Gasteiger charge is -2.47. The van der Waals surface area contributed by atoms with Gasteiger partial charge in [0.05, 0.1) is 5.54 Å². The third-order valence-electron chi connectivity index (χ3n) is 5.14. The van der Waals surface area contributed by atoms with Crippen molar-refractivity contribution < 1.29 is 19.4 Å². The summed E-state index contributed by atoms with van der Waals surface area (Å²) in [6.07, 6.45) is 0.862. The lowest BCUT2D eigenvalue weighted by Crippen LogP contribution is -2.56. The van der Waals surface area contributed by atoms with Crippen LogP contribution in [0, 0.1) is 5.41 Å². The average molecular weight is 348 g/mol. The van der Waals surface area contributed by atoms with E-state index < -0.39 is 17.7 Å². The second-order valence-corrected chi connectivity index (χ2v) is 7.56. The molecule has 0 radical (unpaired) electrons. The van der Waals surface area contributed by atoms with Crippen molar-refractivity contribution in [2.75, 3.05) is 13.1 Å². The van der Waals surface area contributed by atoms with Gasteiger partial charge in [-0.1, -0.05) is 51.1 Å². The fourth-order valence-corrected chi connectivity index (χ4v) is 3.72. The zero-order chi connectivity index (χ0) is 18.5. The topological polar surface area (TPSA) is 78.9 Å². The summed E-state index contributed by atoms with van der Waals surface area (Å²) in [6.45, 7) is 7.32. The van der Waals surface area contributed by atoms with Crippen LogP contribution < -0.4 is 5.32 Å². The second kappa shape index (κ2) is 7.76. The van der Waals surface area contributed by atoms with Gasteiger partial charge in [-0.25, -0.2) is 9.59 Å². The summed E-state index contributed by atoms with van der Waals surface area (Å²) in [5.74, 6) is 0. The molecular weight excluding hydrogens is 320 g/mol. The molecule has 1 aromatic rings. The molecule has 1 aromatic carbocycles. The highest BCUT2D eigenvalue weighted by atomic mass is 16.5. The highest BCUT2D eigenvalue weighted by Crippen LogP contribution is 2.45. The lowest BCUT2D eigenvalue weighted by atomic mass is 9.70. The van der Waals surface area contributed by atoms with Gasteiger partial charge in [0.1, 0.15) is 6.61 Å². The summed E-state index contributed by atoms with van der Waals surface area (Å²) in [6, 6.07) is 9.48. The van der Waals surface area contributed by atoms with Crippen LogP contribution in [-0.2, 0) is 11.3 Å². The molecule has 0 unspecified atom stereocenters. The van der Waals surface area contributed by atoms with Crippen LogP contribution in [0.2, 0.25) is 0 Å². The molecule has 0 aromatic heterocycles. The van der Waals surface area contributed by atoms with E-state index in [0.717, 1.165) is 18.4 Å². The van der Waals surface area contributed by atoms with E-state index in [1.807, 2.05) is 30.3 Å². The van der Waals surface area contributed by atoms with Crippen LogP contribution in [0.25, 0.3) is 0 Å². The van der Waals surface area contributed by atoms with Crippen molar-refractivity contribution in [1.29, 1.82) is 0 Å². The van der Waals surface area contributed by atoms with Crippen molar-refractivity contribution in [3.8, 4) is 0 Å². The molecule has 2 rings (SSSR count). The highest BCUT2D eigenvalue weighted by molar-refractivity contribution is 5.68. The Morgan fingerprint density at radius 2 is 1.96 bits per heavy atom. The molecule has 2 amide bonds. The first-order chi connectivity index (χ1) is 11.8. The molecule has 138 valence electrons. The Hall–Kier alpha value is -2.24. The smallest absolute Gasteiger partial charge is 0.407 e. The van der Waals surface area contributed by atoms with Crippen molar-refractivity contribution in [2.45, 2.75) is 52.2 Å². The first-order valence-electron chi connectivity index (χ1n) is 8.71. The number of rotatable bonds is 5. The first-order valence-corrected chi connectivity index (χ1v) is 8.71. The summed E-state index contributed by atoms with van der Waals surface area (Å²) in [5, 5.41) is 12.3. The van der Waals surface area contributed by atoms with E-state index in [1.54, 1.807) is 4.90 Å². The molecule has 25 heavy (non-hydrogen) atoms. The number of amides is 2. The van der Waals surface area contributed by atoms with Crippen molar-refractivity contribution >= 4 is 12.2 Å². The Morgan fingerprint density at radius 1 is 1.28 bits per heavy atom. The van der Waals surface area contributed by atoms with Gasteiger partial charge in [0.25, 0.3) is 0 Å². The minimum Gasteiger partial charge on any atom is -0.465 e. The number of carbonyl (C=O) groups excluding carboxylic acids is 1. The van der Waals surface area contributed by atoms with Crippen molar-refractivity contribution in [3.05, 3.63) is 35.9 Å². The normalized spacial score (nSPS) is 20.4. The van der Waals surface area contributed by atoms with Gasteiger partial charge in [0, 0.05) is 13.1 Å². The number of nitrogens with zero attached hydrogens (tertiary/aromatic N) is 1. The summed E-state index contributed by atoms with van der Waals surface area (Å²) >= 11 is 0. The van der Waals surface area contributed by atoms with Gasteiger partial charge < -0.3 is 20.1 Å². The lowest BCUT2D eigenvalue weighted by molar-refractivity contribution is 0.0243. The number of benzene rings is 1. The number of carboxylic acid groups (broad SMARTS) is 1. The standard InChI is InChI=1S/C19H28N2O4/c1-18(2,3)19(10-7-13-21(19)17(23)24)11-12-20-16(22)25-14-15-8-5-4-6-9-15/h4-6,8-9H,7,10-14H2,1-3H3,(H,20,22)(H,23,24)/t19-/m0/s1. The largest absolute Gasteiger partial charge is 0.465 e. The zero-order valence-corrected chi connectivity index (χ0v) is 15.2. The third kappa shape index (κ3) is 4.44. The van der Waals surface area contributed by atoms with Crippen molar-refractivity contribution in [3.63, 3.8) is 0 Å². The Bertz CT molecular complexity index is 597. The SMILES string of the molecule is CC(C)(C)[C@@]1(CCNC(=O)OCc2ccccc2)CCCN1C(=O)O. The fourth-order valence-electron chi connectivity index (χ4n) is 3.72. The van der Waals surface area contributed by atoms with Gasteiger partial charge in [-0.2, -0.15) is 0 Å². The molecule has 1 heterocycles. The molecule has 0 bridgehead atoms. The van der Waals surface area contributed by atoms with Crippen LogP contribution in [0.15, 0.2) is 30.3 Å². The molecule has 0 aliphatic carbocycles. The summed E-state index contributed by atoms with van der Waals surface area (Å²) in [7, 11) is 0. The molecule has 0 saturated carbocycles. The van der Waals surface area contributed by atoms with Crippen LogP contribution in [0.5, 0.6) is 0 Å². The van der Waals surface area contributed by atoms with E-state index in [0.29, 0.717) is 19.5 Å². The minimum absolute atomic E-state index is 0.211. The number of hydrogen-bond donors (Lipinski definition) is 2. The maximum atomic E-state index is 11.9. The number of carbonyl (C=O) groups is 2. The van der Waals surface area contributed by atoms with Crippen molar-refractivity contribution in [2.24, 2.45) is 5.41 Å². The molecule has 1 saturated heterocycles. The Kier molecular flexibility index (Phi) is 5.93. The molecule has 2 N–H and O–H groups in total. The number of alkyl carbamates (subject to hydrolysis) is 1. The van der Waals surface area contributed by atoms with Gasteiger partial charge in [-0.3, -0.25) is 0 Å². The van der Waals surface area contributed by atoms with Crippen molar-refractivity contribution in [1.82, 2.24) is 10.2 Å². The summed E-state index contributed by atoms with van der Waals surface area (Å²) in [5.41, 5.74) is 0.250. The monoisotopic (exact) mass is 348 g/mol. The maximum Gasteiger partial charge on any atom is 0.407 e. The van der Waals surface area contributed by atoms with Gasteiger partial charge in [0.15, 0.2) is 0 Å². The Morgan fingerprint density at radius 3 is 2.56 bits per heavy atom. The van der Waals surface area contributed by atoms with E-state index in [1.165, 1.54) is 0 Å². The first kappa shape index (κ1) is 19.1. The number of likely N-dealkylation sites (tertiary alicyclic amines) is 1. The molecule has 1 fully saturated rings. The Balaban J connectivity index is 1.89. The molecule has 1 aliphatic heterocycles. The van der Waals surface area contributed by atoms with Crippen LogP contribution in [0.3, 0.4) is 0 Å². The van der Waals surface area contributed by atoms with Crippen LogP contribution in [0.4, 0.5) is 9.59 Å². The second-order valence-electron chi connectivity index (χ2n) is 7.56. The molecule has 6 heteroatoms. The van der Waals surface area contributed by atoms with Gasteiger partial charge in [-0.15, -0.1) is 0 Å². The molecular formula is C19H28N2O4. The minimum atomic E-state index is -0.890. The molecule has 0 spiro atoms. The predicted molar refractivity (Wildman–Crippen MR) is 95.4 cm³/mol. The van der Waals surface area contributed by atoms with Crippen LogP contribution in [0.1, 0.15) is 45.6 Å². The average Bonchev–Trinajstić information content (AvgIpc) is 2.99. The van der Waals surface area contributed by atoms with E-state index in [9.17, 15) is 14.7 Å².